The molecule has 0 spiro atoms. The number of amides is 2. The van der Waals surface area contributed by atoms with Crippen LogP contribution in [0.4, 0.5) is 0 Å². The highest BCUT2D eigenvalue weighted by atomic mass is 16.5. The highest BCUT2D eigenvalue weighted by molar-refractivity contribution is 6.02. The number of methoxy groups -OCH3 is 1. The number of Topliss-reactive ketones (excluding diaryl/α,β-unsaturated/α-hetero) is 1. The van der Waals surface area contributed by atoms with E-state index >= 15 is 0 Å². The first kappa shape index (κ1) is 30.7. The van der Waals surface area contributed by atoms with Crippen molar-refractivity contribution >= 4 is 17.6 Å². The van der Waals surface area contributed by atoms with Crippen molar-refractivity contribution in [1.29, 1.82) is 0 Å². The van der Waals surface area contributed by atoms with Crippen LogP contribution in [0.2, 0.25) is 0 Å². The minimum absolute atomic E-state index is 0.0955. The van der Waals surface area contributed by atoms with Gasteiger partial charge in [0, 0.05) is 30.0 Å². The van der Waals surface area contributed by atoms with Crippen LogP contribution in [0.1, 0.15) is 66.2 Å². The third-order valence-electron chi connectivity index (χ3n) is 8.24. The maximum absolute atomic E-state index is 14.6. The number of hydrogen-bond acceptors (Lipinski definition) is 4. The first-order valence-corrected chi connectivity index (χ1v) is 15.1. The molecule has 0 aliphatic carbocycles. The van der Waals surface area contributed by atoms with Gasteiger partial charge in [-0.05, 0) is 22.6 Å². The van der Waals surface area contributed by atoms with Gasteiger partial charge in [0.05, 0.1) is 19.1 Å². The zero-order chi connectivity index (χ0) is 31.3. The Labute approximate surface area is 260 Å². The van der Waals surface area contributed by atoms with Crippen LogP contribution in [0.15, 0.2) is 115 Å². The lowest BCUT2D eigenvalue weighted by molar-refractivity contribution is -0.142. The fourth-order valence-electron chi connectivity index (χ4n) is 6.38. The Balaban J connectivity index is 1.68. The molecule has 4 aromatic carbocycles. The topological polar surface area (TPSA) is 75.7 Å². The number of likely N-dealkylation sites (tertiary alicyclic amines) is 1. The molecule has 0 saturated carbocycles. The summed E-state index contributed by atoms with van der Waals surface area (Å²) in [7, 11) is 1.60. The number of hydrogen-bond donors (Lipinski definition) is 1. The number of ether oxygens (including phenoxy) is 1. The monoisotopic (exact) mass is 588 g/mol. The number of nitrogens with zero attached hydrogens (tertiary/aromatic N) is 1. The van der Waals surface area contributed by atoms with Crippen molar-refractivity contribution in [2.75, 3.05) is 7.11 Å². The zero-order valence-electron chi connectivity index (χ0n) is 25.8. The predicted molar refractivity (Wildman–Crippen MR) is 172 cm³/mol. The molecule has 4 aromatic rings. The van der Waals surface area contributed by atoms with Crippen molar-refractivity contribution in [3.8, 4) is 5.75 Å². The SMILES string of the molecule is COc1ccccc1CNC(=O)C1C(c2ccccc2)C(C(=O)c2ccccc2)C(c2ccccc2)N1C(=O)CC(C)(C)C. The summed E-state index contributed by atoms with van der Waals surface area (Å²) >= 11 is 0. The van der Waals surface area contributed by atoms with Gasteiger partial charge in [-0.25, -0.2) is 0 Å². The smallest absolute Gasteiger partial charge is 0.243 e. The van der Waals surface area contributed by atoms with Gasteiger partial charge in [-0.1, -0.05) is 130 Å². The molecular formula is C38H40N2O4. The fourth-order valence-corrected chi connectivity index (χ4v) is 6.38. The van der Waals surface area contributed by atoms with E-state index in [9.17, 15) is 14.4 Å². The minimum Gasteiger partial charge on any atom is -0.496 e. The van der Waals surface area contributed by atoms with E-state index in [1.165, 1.54) is 0 Å². The minimum atomic E-state index is -0.926. The molecule has 1 saturated heterocycles. The van der Waals surface area contributed by atoms with Crippen molar-refractivity contribution in [3.63, 3.8) is 0 Å². The quantitative estimate of drug-likeness (QED) is 0.214. The number of nitrogens with one attached hydrogen (secondary N) is 1. The first-order chi connectivity index (χ1) is 21.2. The summed E-state index contributed by atoms with van der Waals surface area (Å²) in [6, 6.07) is 34.4. The Morgan fingerprint density at radius 3 is 1.89 bits per heavy atom. The molecule has 4 atom stereocenters. The zero-order valence-corrected chi connectivity index (χ0v) is 25.8. The number of rotatable bonds is 9. The van der Waals surface area contributed by atoms with Crippen LogP contribution >= 0.6 is 0 Å². The molecular weight excluding hydrogens is 548 g/mol. The van der Waals surface area contributed by atoms with E-state index in [0.717, 1.165) is 16.7 Å². The summed E-state index contributed by atoms with van der Waals surface area (Å²) in [6.45, 7) is 6.25. The summed E-state index contributed by atoms with van der Waals surface area (Å²) in [5.41, 5.74) is 2.70. The Hall–Kier alpha value is -4.71. The van der Waals surface area contributed by atoms with Gasteiger partial charge in [0.25, 0.3) is 0 Å². The van der Waals surface area contributed by atoms with Crippen molar-refractivity contribution in [3.05, 3.63) is 138 Å². The summed E-state index contributed by atoms with van der Waals surface area (Å²) < 4.78 is 5.52. The van der Waals surface area contributed by atoms with Gasteiger partial charge in [0.1, 0.15) is 11.8 Å². The summed E-state index contributed by atoms with van der Waals surface area (Å²) in [5.74, 6) is -1.19. The number of carbonyl (C=O) groups excluding carboxylic acids is 3. The van der Waals surface area contributed by atoms with E-state index in [1.54, 1.807) is 12.0 Å². The molecule has 5 rings (SSSR count). The van der Waals surface area contributed by atoms with Crippen molar-refractivity contribution in [2.45, 2.75) is 51.7 Å². The molecule has 226 valence electrons. The van der Waals surface area contributed by atoms with Gasteiger partial charge >= 0.3 is 0 Å². The Morgan fingerprint density at radius 2 is 1.30 bits per heavy atom. The van der Waals surface area contributed by atoms with Gasteiger partial charge < -0.3 is 15.0 Å². The molecule has 6 heteroatoms. The van der Waals surface area contributed by atoms with Crippen molar-refractivity contribution < 1.29 is 19.1 Å². The Bertz CT molecular complexity index is 1580. The molecule has 44 heavy (non-hydrogen) atoms. The molecule has 6 nitrogen and oxygen atoms in total. The van der Waals surface area contributed by atoms with E-state index in [0.29, 0.717) is 11.3 Å². The fraction of sp³-hybridized carbons (Fsp3) is 0.289. The largest absolute Gasteiger partial charge is 0.496 e. The maximum atomic E-state index is 14.6. The van der Waals surface area contributed by atoms with E-state index in [4.69, 9.17) is 4.74 Å². The Kier molecular flexibility index (Phi) is 9.29. The number of ketones is 1. The van der Waals surface area contributed by atoms with Gasteiger partial charge in [-0.3, -0.25) is 14.4 Å². The molecule has 2 amide bonds. The van der Waals surface area contributed by atoms with E-state index in [1.807, 2.05) is 136 Å². The van der Waals surface area contributed by atoms with Crippen molar-refractivity contribution in [2.24, 2.45) is 11.3 Å². The summed E-state index contributed by atoms with van der Waals surface area (Å²) in [6.07, 6.45) is 0.223. The Morgan fingerprint density at radius 1 is 0.750 bits per heavy atom. The molecule has 1 fully saturated rings. The average molecular weight is 589 g/mol. The van der Waals surface area contributed by atoms with E-state index in [2.05, 4.69) is 5.32 Å². The second kappa shape index (κ2) is 13.3. The van der Waals surface area contributed by atoms with Gasteiger partial charge in [0.15, 0.2) is 5.78 Å². The third kappa shape index (κ3) is 6.60. The van der Waals surface area contributed by atoms with Gasteiger partial charge in [-0.2, -0.15) is 0 Å². The predicted octanol–water partition coefficient (Wildman–Crippen LogP) is 6.98. The lowest BCUT2D eigenvalue weighted by Gasteiger charge is -2.33. The van der Waals surface area contributed by atoms with Crippen LogP contribution in [-0.4, -0.2) is 35.6 Å². The first-order valence-electron chi connectivity index (χ1n) is 15.1. The standard InChI is InChI=1S/C38H40N2O4/c1-38(2,3)24-31(41)40-34(27-18-10-6-11-19-27)33(36(42)28-20-12-7-13-21-28)32(26-16-8-5-9-17-26)35(40)37(43)39-25-29-22-14-15-23-30(29)44-4/h5-23,32-35H,24-25H2,1-4H3,(H,39,43). The lowest BCUT2D eigenvalue weighted by Crippen LogP contribution is -2.49. The second-order valence-electron chi connectivity index (χ2n) is 12.6. The second-order valence-corrected chi connectivity index (χ2v) is 12.6. The number of carbonyl (C=O) groups is 3. The van der Waals surface area contributed by atoms with Crippen LogP contribution in [-0.2, 0) is 16.1 Å². The number of benzene rings is 4. The highest BCUT2D eigenvalue weighted by Gasteiger charge is 2.57. The number of para-hydroxylation sites is 1. The summed E-state index contributed by atoms with van der Waals surface area (Å²) in [5, 5.41) is 3.11. The molecule has 0 bridgehead atoms. The third-order valence-corrected chi connectivity index (χ3v) is 8.24. The molecule has 0 radical (unpaired) electrons. The van der Waals surface area contributed by atoms with Crippen molar-refractivity contribution in [1.82, 2.24) is 10.2 Å². The van der Waals surface area contributed by atoms with Gasteiger partial charge in [0.2, 0.25) is 11.8 Å². The molecule has 0 aromatic heterocycles. The molecule has 4 unspecified atom stereocenters. The lowest BCUT2D eigenvalue weighted by atomic mass is 9.76. The van der Waals surface area contributed by atoms with E-state index < -0.39 is 23.9 Å². The average Bonchev–Trinajstić information content (AvgIpc) is 3.40. The van der Waals surface area contributed by atoms with Crippen LogP contribution < -0.4 is 10.1 Å². The van der Waals surface area contributed by atoms with Crippen LogP contribution in [0.25, 0.3) is 0 Å². The van der Waals surface area contributed by atoms with Crippen LogP contribution in [0, 0.1) is 11.3 Å². The molecule has 1 aliphatic heterocycles. The highest BCUT2D eigenvalue weighted by Crippen LogP contribution is 2.52. The molecule has 1 heterocycles. The van der Waals surface area contributed by atoms with E-state index in [-0.39, 0.29) is 36.0 Å². The molecule has 1 N–H and O–H groups in total. The van der Waals surface area contributed by atoms with Crippen LogP contribution in [0.5, 0.6) is 5.75 Å². The summed E-state index contributed by atoms with van der Waals surface area (Å²) in [4.78, 5) is 45.3. The van der Waals surface area contributed by atoms with Gasteiger partial charge in [-0.15, -0.1) is 0 Å². The molecule has 1 aliphatic rings. The van der Waals surface area contributed by atoms with Crippen LogP contribution in [0.3, 0.4) is 0 Å². The normalized spacial score (nSPS) is 19.8. The maximum Gasteiger partial charge on any atom is 0.243 e.